The number of carbonyl (C=O) groups excluding carboxylic acids is 1. The Morgan fingerprint density at radius 2 is 2.43 bits per heavy atom. The monoisotopic (exact) mass is 231 g/mol. The number of hydrogen-bond acceptors (Lipinski definition) is 2. The van der Waals surface area contributed by atoms with Crippen LogP contribution in [0.2, 0.25) is 0 Å². The zero-order valence-electron chi connectivity index (χ0n) is 8.37. The normalized spacial score (nSPS) is 12.5. The lowest BCUT2D eigenvalue weighted by Gasteiger charge is -2.22. The fourth-order valence-corrected chi connectivity index (χ4v) is 1.94. The third-order valence-corrected chi connectivity index (χ3v) is 3.51. The van der Waals surface area contributed by atoms with Crippen LogP contribution in [0.15, 0.2) is 17.5 Å². The largest absolute Gasteiger partial charge is 0.342 e. The molecular formula is C10H14ClNOS. The molecule has 0 aliphatic carbocycles. The molecule has 0 fully saturated rings. The molecule has 1 amide bonds. The molecule has 0 N–H and O–H groups in total. The third kappa shape index (κ3) is 3.00. The van der Waals surface area contributed by atoms with Crippen LogP contribution in [0.3, 0.4) is 0 Å². The van der Waals surface area contributed by atoms with Gasteiger partial charge in [0.15, 0.2) is 0 Å². The molecule has 1 unspecified atom stereocenters. The minimum Gasteiger partial charge on any atom is -0.342 e. The second-order valence-corrected chi connectivity index (χ2v) is 4.60. The quantitative estimate of drug-likeness (QED) is 0.729. The minimum atomic E-state index is 0.101. The van der Waals surface area contributed by atoms with Gasteiger partial charge < -0.3 is 4.90 Å². The molecule has 1 rings (SSSR count). The lowest BCUT2D eigenvalue weighted by molar-refractivity contribution is -0.130. The van der Waals surface area contributed by atoms with Gasteiger partial charge in [0.25, 0.3) is 0 Å². The van der Waals surface area contributed by atoms with Gasteiger partial charge in [0.05, 0.1) is 6.42 Å². The van der Waals surface area contributed by atoms with Crippen molar-refractivity contribution in [2.75, 3.05) is 12.9 Å². The van der Waals surface area contributed by atoms with Gasteiger partial charge in [-0.3, -0.25) is 4.79 Å². The van der Waals surface area contributed by atoms with Crippen molar-refractivity contribution in [2.45, 2.75) is 19.4 Å². The van der Waals surface area contributed by atoms with Gasteiger partial charge in [-0.25, -0.2) is 0 Å². The molecular weight excluding hydrogens is 218 g/mol. The summed E-state index contributed by atoms with van der Waals surface area (Å²) in [5, 5.41) is 1.98. The number of thiophene rings is 1. The van der Waals surface area contributed by atoms with Gasteiger partial charge in [-0.05, 0) is 18.4 Å². The van der Waals surface area contributed by atoms with Crippen LogP contribution in [0, 0.1) is 0 Å². The van der Waals surface area contributed by atoms with E-state index in [9.17, 15) is 4.79 Å². The number of rotatable bonds is 4. The molecule has 1 aromatic rings. The van der Waals surface area contributed by atoms with E-state index in [4.69, 9.17) is 11.6 Å². The maximum atomic E-state index is 11.7. The SMILES string of the molecule is CC(CCl)N(C)C(=O)Cc1cccs1. The molecule has 4 heteroatoms. The second kappa shape index (κ2) is 5.37. The molecule has 0 spiro atoms. The van der Waals surface area contributed by atoms with Crippen LogP contribution in [0.1, 0.15) is 11.8 Å². The van der Waals surface area contributed by atoms with Gasteiger partial charge in [0.1, 0.15) is 0 Å². The highest BCUT2D eigenvalue weighted by molar-refractivity contribution is 7.10. The summed E-state index contributed by atoms with van der Waals surface area (Å²) in [6.07, 6.45) is 0.482. The summed E-state index contributed by atoms with van der Waals surface area (Å²) in [7, 11) is 1.79. The van der Waals surface area contributed by atoms with Gasteiger partial charge in [0.2, 0.25) is 5.91 Å². The van der Waals surface area contributed by atoms with E-state index < -0.39 is 0 Å². The Kier molecular flexibility index (Phi) is 4.42. The Hall–Kier alpha value is -0.540. The Morgan fingerprint density at radius 1 is 1.71 bits per heavy atom. The van der Waals surface area contributed by atoms with Crippen LogP contribution in [-0.2, 0) is 11.2 Å². The van der Waals surface area contributed by atoms with Crippen molar-refractivity contribution in [2.24, 2.45) is 0 Å². The average Bonchev–Trinajstić information content (AvgIpc) is 2.68. The van der Waals surface area contributed by atoms with Gasteiger partial charge in [-0.15, -0.1) is 22.9 Å². The Morgan fingerprint density at radius 3 is 2.93 bits per heavy atom. The van der Waals surface area contributed by atoms with Crippen molar-refractivity contribution in [1.29, 1.82) is 0 Å². The maximum absolute atomic E-state index is 11.7. The molecule has 0 bridgehead atoms. The summed E-state index contributed by atoms with van der Waals surface area (Å²) in [4.78, 5) is 14.5. The zero-order chi connectivity index (χ0) is 10.6. The van der Waals surface area contributed by atoms with Gasteiger partial charge >= 0.3 is 0 Å². The summed E-state index contributed by atoms with van der Waals surface area (Å²) < 4.78 is 0. The predicted octanol–water partition coefficient (Wildman–Crippen LogP) is 2.38. The fourth-order valence-electron chi connectivity index (χ4n) is 1.04. The summed E-state index contributed by atoms with van der Waals surface area (Å²) in [6, 6.07) is 4.03. The average molecular weight is 232 g/mol. The number of halogens is 1. The minimum absolute atomic E-state index is 0.101. The summed E-state index contributed by atoms with van der Waals surface area (Å²) >= 11 is 7.29. The standard InChI is InChI=1S/C10H14ClNOS/c1-8(7-11)12(2)10(13)6-9-4-3-5-14-9/h3-5,8H,6-7H2,1-2H3. The molecule has 2 nitrogen and oxygen atoms in total. The Balaban J connectivity index is 2.50. The molecule has 0 radical (unpaired) electrons. The molecule has 0 aliphatic rings. The number of carbonyl (C=O) groups is 1. The van der Waals surface area contributed by atoms with E-state index in [0.29, 0.717) is 12.3 Å². The zero-order valence-corrected chi connectivity index (χ0v) is 9.94. The molecule has 1 atom stereocenters. The van der Waals surface area contributed by atoms with Crippen LogP contribution in [-0.4, -0.2) is 29.8 Å². The molecule has 78 valence electrons. The number of nitrogens with zero attached hydrogens (tertiary/aromatic N) is 1. The lowest BCUT2D eigenvalue weighted by atomic mass is 10.2. The van der Waals surface area contributed by atoms with Crippen molar-refractivity contribution >= 4 is 28.8 Å². The second-order valence-electron chi connectivity index (χ2n) is 3.26. The van der Waals surface area contributed by atoms with E-state index in [1.807, 2.05) is 24.4 Å². The van der Waals surface area contributed by atoms with E-state index >= 15 is 0 Å². The molecule has 0 aliphatic heterocycles. The van der Waals surface area contributed by atoms with Crippen LogP contribution in [0.5, 0.6) is 0 Å². The summed E-state index contributed by atoms with van der Waals surface area (Å²) in [5.41, 5.74) is 0. The van der Waals surface area contributed by atoms with Gasteiger partial charge in [-0.2, -0.15) is 0 Å². The van der Waals surface area contributed by atoms with E-state index in [1.54, 1.807) is 23.3 Å². The van der Waals surface area contributed by atoms with E-state index in [2.05, 4.69) is 0 Å². The summed E-state index contributed by atoms with van der Waals surface area (Å²) in [5.74, 6) is 0.604. The molecule has 1 aromatic heterocycles. The first-order valence-electron chi connectivity index (χ1n) is 4.49. The maximum Gasteiger partial charge on any atom is 0.227 e. The van der Waals surface area contributed by atoms with Crippen LogP contribution in [0.25, 0.3) is 0 Å². The van der Waals surface area contributed by atoms with Crippen molar-refractivity contribution in [3.05, 3.63) is 22.4 Å². The van der Waals surface area contributed by atoms with E-state index in [-0.39, 0.29) is 11.9 Å². The third-order valence-electron chi connectivity index (χ3n) is 2.18. The van der Waals surface area contributed by atoms with Crippen LogP contribution >= 0.6 is 22.9 Å². The highest BCUT2D eigenvalue weighted by atomic mass is 35.5. The number of likely N-dealkylation sites (N-methyl/N-ethyl adjacent to an activating group) is 1. The van der Waals surface area contributed by atoms with Crippen molar-refractivity contribution in [3.63, 3.8) is 0 Å². The molecule has 1 heterocycles. The number of alkyl halides is 1. The molecule has 14 heavy (non-hydrogen) atoms. The first kappa shape index (κ1) is 11.5. The smallest absolute Gasteiger partial charge is 0.227 e. The van der Waals surface area contributed by atoms with Crippen molar-refractivity contribution in [1.82, 2.24) is 4.90 Å². The molecule has 0 aromatic carbocycles. The first-order valence-corrected chi connectivity index (χ1v) is 5.90. The first-order chi connectivity index (χ1) is 6.65. The van der Waals surface area contributed by atoms with E-state index in [0.717, 1.165) is 4.88 Å². The highest BCUT2D eigenvalue weighted by Crippen LogP contribution is 2.11. The van der Waals surface area contributed by atoms with Crippen molar-refractivity contribution in [3.8, 4) is 0 Å². The summed E-state index contributed by atoms with van der Waals surface area (Å²) in [6.45, 7) is 1.94. The fraction of sp³-hybridized carbons (Fsp3) is 0.500. The topological polar surface area (TPSA) is 20.3 Å². The van der Waals surface area contributed by atoms with Crippen LogP contribution < -0.4 is 0 Å². The molecule has 0 saturated carbocycles. The lowest BCUT2D eigenvalue weighted by Crippen LogP contribution is -2.36. The predicted molar refractivity (Wildman–Crippen MR) is 61.0 cm³/mol. The highest BCUT2D eigenvalue weighted by Gasteiger charge is 2.15. The van der Waals surface area contributed by atoms with Crippen molar-refractivity contribution < 1.29 is 4.79 Å². The van der Waals surface area contributed by atoms with Crippen LogP contribution in [0.4, 0.5) is 0 Å². The van der Waals surface area contributed by atoms with Gasteiger partial charge in [0, 0.05) is 23.8 Å². The Bertz CT molecular complexity index is 286. The number of amides is 1. The molecule has 0 saturated heterocycles. The van der Waals surface area contributed by atoms with Gasteiger partial charge in [-0.1, -0.05) is 6.07 Å². The number of hydrogen-bond donors (Lipinski definition) is 0. The van der Waals surface area contributed by atoms with E-state index in [1.165, 1.54) is 0 Å². The Labute approximate surface area is 93.5 Å².